The van der Waals surface area contributed by atoms with E-state index in [4.69, 9.17) is 4.74 Å². The van der Waals surface area contributed by atoms with E-state index in [-0.39, 0.29) is 41.9 Å². The molecule has 3 aliphatic carbocycles. The molecule has 1 amide bonds. The number of nitrogens with one attached hydrogen (secondary N) is 2. The lowest BCUT2D eigenvalue weighted by Gasteiger charge is -2.61. The molecule has 0 aromatic rings. The number of piperazine rings is 1. The van der Waals surface area contributed by atoms with Crippen LogP contribution in [0.1, 0.15) is 64.2 Å². The van der Waals surface area contributed by atoms with Gasteiger partial charge in [-0.2, -0.15) is 0 Å². The van der Waals surface area contributed by atoms with Crippen molar-refractivity contribution in [3.8, 4) is 0 Å². The molecule has 3 saturated heterocycles. The Hall–Kier alpha value is -1.59. The predicted molar refractivity (Wildman–Crippen MR) is 168 cm³/mol. The highest BCUT2D eigenvalue weighted by molar-refractivity contribution is 6.20. The Balaban J connectivity index is 1.08. The van der Waals surface area contributed by atoms with E-state index in [9.17, 15) is 9.59 Å². The topological polar surface area (TPSA) is 80.4 Å². The lowest BCUT2D eigenvalue weighted by atomic mass is 9.64. The Bertz CT molecular complexity index is 1060. The van der Waals surface area contributed by atoms with E-state index in [0.29, 0.717) is 18.4 Å². The number of morpholine rings is 1. The minimum absolute atomic E-state index is 0.0276. The van der Waals surface area contributed by atoms with Crippen molar-refractivity contribution in [3.05, 3.63) is 11.8 Å². The summed E-state index contributed by atoms with van der Waals surface area (Å²) in [6.45, 7) is 9.61. The van der Waals surface area contributed by atoms with Gasteiger partial charge in [0.2, 0.25) is 0 Å². The van der Waals surface area contributed by atoms with E-state index >= 15 is 4.39 Å². The zero-order valence-electron chi connectivity index (χ0n) is 26.8. The van der Waals surface area contributed by atoms with Gasteiger partial charge in [-0.3, -0.25) is 9.59 Å². The smallest absolute Gasteiger partial charge is 0.256 e. The van der Waals surface area contributed by atoms with Crippen LogP contribution in [-0.4, -0.2) is 140 Å². The SMILES string of the molecule is CN1CCN(CCCNC2C(F)CC3C(=O)C(C(=O)NCCN4CCCC4)=CN4C5CCC6CCCCC6C5OC2C34)CC1. The van der Waals surface area contributed by atoms with Crippen molar-refractivity contribution in [2.45, 2.75) is 101 Å². The molecular weight excluding hydrogens is 559 g/mol. The summed E-state index contributed by atoms with van der Waals surface area (Å²) in [6, 6.07) is -0.506. The average Bonchev–Trinajstić information content (AvgIpc) is 3.56. The maximum absolute atomic E-state index is 16.2. The van der Waals surface area contributed by atoms with Gasteiger partial charge in [0.25, 0.3) is 5.91 Å². The molecular formula is C34H55FN6O3. The van der Waals surface area contributed by atoms with Crippen LogP contribution in [0.3, 0.4) is 0 Å². The third-order valence-corrected chi connectivity index (χ3v) is 12.3. The second kappa shape index (κ2) is 13.6. The number of fused-ring (bicyclic) bond motifs is 4. The molecule has 4 aliphatic heterocycles. The van der Waals surface area contributed by atoms with E-state index in [1.165, 1.54) is 38.5 Å². The number of ketones is 1. The quantitative estimate of drug-likeness (QED) is 0.302. The van der Waals surface area contributed by atoms with Crippen molar-refractivity contribution < 1.29 is 18.7 Å². The summed E-state index contributed by atoms with van der Waals surface area (Å²) in [5.74, 6) is 0.106. The molecule has 4 heterocycles. The highest BCUT2D eigenvalue weighted by atomic mass is 19.1. The number of hydrogen-bond donors (Lipinski definition) is 2. The minimum Gasteiger partial charge on any atom is -0.369 e. The van der Waals surface area contributed by atoms with Crippen LogP contribution in [0.4, 0.5) is 4.39 Å². The third kappa shape index (κ3) is 6.23. The Kier molecular flexibility index (Phi) is 9.62. The van der Waals surface area contributed by atoms with Crippen LogP contribution < -0.4 is 10.6 Å². The van der Waals surface area contributed by atoms with Gasteiger partial charge in [0.05, 0.1) is 35.9 Å². The van der Waals surface area contributed by atoms with Crippen LogP contribution in [0.5, 0.6) is 0 Å². The van der Waals surface area contributed by atoms with Crippen LogP contribution in [-0.2, 0) is 14.3 Å². The second-order valence-electron chi connectivity index (χ2n) is 14.9. The number of Topliss-reactive ketones (excluding diaryl/α,β-unsaturated/α-hetero) is 1. The van der Waals surface area contributed by atoms with Gasteiger partial charge < -0.3 is 35.0 Å². The van der Waals surface area contributed by atoms with Crippen molar-refractivity contribution in [1.82, 2.24) is 30.2 Å². The Labute approximate surface area is 263 Å². The fourth-order valence-corrected chi connectivity index (χ4v) is 9.84. The predicted octanol–water partition coefficient (Wildman–Crippen LogP) is 2.03. The number of hydrogen-bond acceptors (Lipinski definition) is 8. The van der Waals surface area contributed by atoms with Gasteiger partial charge in [0.15, 0.2) is 5.78 Å². The summed E-state index contributed by atoms with van der Waals surface area (Å²) < 4.78 is 23.3. The summed E-state index contributed by atoms with van der Waals surface area (Å²) in [4.78, 5) is 37.0. The molecule has 0 bridgehead atoms. The molecule has 0 radical (unpaired) electrons. The number of likely N-dealkylation sites (N-methyl/N-ethyl adjacent to an activating group) is 1. The summed E-state index contributed by atoms with van der Waals surface area (Å²) in [6.07, 6.45) is 11.0. The van der Waals surface area contributed by atoms with Crippen LogP contribution >= 0.6 is 0 Å². The third-order valence-electron chi connectivity index (χ3n) is 12.3. The molecule has 10 heteroatoms. The number of nitrogens with zero attached hydrogens (tertiary/aromatic N) is 4. The first kappa shape index (κ1) is 31.0. The summed E-state index contributed by atoms with van der Waals surface area (Å²) in [5.41, 5.74) is 0.226. The normalized spacial score (nSPS) is 39.8. The lowest BCUT2D eigenvalue weighted by Crippen LogP contribution is -2.74. The Morgan fingerprint density at radius 2 is 1.70 bits per heavy atom. The monoisotopic (exact) mass is 614 g/mol. The molecule has 246 valence electrons. The van der Waals surface area contributed by atoms with Crippen LogP contribution in [0, 0.1) is 17.8 Å². The molecule has 3 saturated carbocycles. The van der Waals surface area contributed by atoms with E-state index in [1.807, 2.05) is 6.20 Å². The van der Waals surface area contributed by atoms with Gasteiger partial charge in [0, 0.05) is 51.4 Å². The highest BCUT2D eigenvalue weighted by Crippen LogP contribution is 2.50. The van der Waals surface area contributed by atoms with Crippen LogP contribution in [0.25, 0.3) is 0 Å². The molecule has 2 N–H and O–H groups in total. The first-order valence-corrected chi connectivity index (χ1v) is 18.0. The largest absolute Gasteiger partial charge is 0.369 e. The molecule has 9 nitrogen and oxygen atoms in total. The molecule has 7 aliphatic rings. The van der Waals surface area contributed by atoms with Crippen LogP contribution in [0.15, 0.2) is 11.8 Å². The molecule has 0 aromatic heterocycles. The van der Waals surface area contributed by atoms with Gasteiger partial charge >= 0.3 is 0 Å². The lowest BCUT2D eigenvalue weighted by molar-refractivity contribution is -0.220. The van der Waals surface area contributed by atoms with Gasteiger partial charge in [-0.15, -0.1) is 0 Å². The highest BCUT2D eigenvalue weighted by Gasteiger charge is 2.60. The standard InChI is InChI=1S/C34H55FN6O3/c1-38-17-19-40(20-18-38)15-6-11-36-29-27(35)21-25-30-33(29)44-32-24-8-3-2-7-23(24)9-10-28(32)41(30)22-26(31(25)42)34(43)37-12-16-39-13-4-5-14-39/h22-25,27-30,32-33,36H,2-21H2,1H3,(H,37,43). The summed E-state index contributed by atoms with van der Waals surface area (Å²) in [5, 5.41) is 6.64. The van der Waals surface area contributed by atoms with E-state index < -0.39 is 24.2 Å². The van der Waals surface area contributed by atoms with Gasteiger partial charge in [-0.05, 0) is 90.0 Å². The number of carbonyl (C=O) groups excluding carboxylic acids is 2. The van der Waals surface area contributed by atoms with Crippen molar-refractivity contribution >= 4 is 11.7 Å². The fraction of sp³-hybridized carbons (Fsp3) is 0.882. The number of rotatable bonds is 9. The van der Waals surface area contributed by atoms with Crippen molar-refractivity contribution in [2.75, 3.05) is 72.5 Å². The van der Waals surface area contributed by atoms with Gasteiger partial charge in [-0.1, -0.05) is 19.3 Å². The number of halogens is 1. The van der Waals surface area contributed by atoms with E-state index in [0.717, 1.165) is 78.2 Å². The van der Waals surface area contributed by atoms with Gasteiger partial charge in [-0.25, -0.2) is 4.39 Å². The zero-order valence-corrected chi connectivity index (χ0v) is 26.8. The van der Waals surface area contributed by atoms with E-state index in [1.54, 1.807) is 0 Å². The van der Waals surface area contributed by atoms with Crippen molar-refractivity contribution in [3.63, 3.8) is 0 Å². The Morgan fingerprint density at radius 3 is 2.52 bits per heavy atom. The zero-order chi connectivity index (χ0) is 30.2. The average molecular weight is 615 g/mol. The van der Waals surface area contributed by atoms with Gasteiger partial charge in [0.1, 0.15) is 6.17 Å². The first-order valence-electron chi connectivity index (χ1n) is 18.0. The summed E-state index contributed by atoms with van der Waals surface area (Å²) >= 11 is 0. The molecule has 9 atom stereocenters. The molecule has 0 spiro atoms. The molecule has 0 aromatic carbocycles. The maximum atomic E-state index is 16.2. The van der Waals surface area contributed by atoms with E-state index in [2.05, 4.69) is 37.3 Å². The first-order chi connectivity index (χ1) is 21.5. The number of carbonyl (C=O) groups is 2. The second-order valence-corrected chi connectivity index (χ2v) is 14.9. The minimum atomic E-state index is -1.18. The summed E-state index contributed by atoms with van der Waals surface area (Å²) in [7, 11) is 2.17. The molecule has 44 heavy (non-hydrogen) atoms. The number of amides is 1. The van der Waals surface area contributed by atoms with Crippen molar-refractivity contribution in [1.29, 1.82) is 0 Å². The number of likely N-dealkylation sites (tertiary alicyclic amines) is 1. The van der Waals surface area contributed by atoms with Crippen molar-refractivity contribution in [2.24, 2.45) is 17.8 Å². The number of ether oxygens (including phenoxy) is 1. The fourth-order valence-electron chi connectivity index (χ4n) is 9.84. The molecule has 7 rings (SSSR count). The Morgan fingerprint density at radius 1 is 0.932 bits per heavy atom. The maximum Gasteiger partial charge on any atom is 0.256 e. The van der Waals surface area contributed by atoms with Crippen LogP contribution in [0.2, 0.25) is 0 Å². The molecule has 9 unspecified atom stereocenters. The molecule has 6 fully saturated rings. The number of alkyl halides is 1.